The molecule has 0 aliphatic carbocycles. The van der Waals surface area contributed by atoms with E-state index in [0.29, 0.717) is 0 Å². The lowest BCUT2D eigenvalue weighted by Gasteiger charge is -2.05. The van der Waals surface area contributed by atoms with Crippen LogP contribution in [0.3, 0.4) is 0 Å². The van der Waals surface area contributed by atoms with Gasteiger partial charge in [-0.3, -0.25) is 4.79 Å². The van der Waals surface area contributed by atoms with E-state index in [1.165, 1.54) is 36.3 Å². The van der Waals surface area contributed by atoms with Crippen LogP contribution < -0.4 is 0 Å². The molecule has 0 aliphatic rings. The summed E-state index contributed by atoms with van der Waals surface area (Å²) >= 11 is 3.37. The van der Waals surface area contributed by atoms with Crippen molar-refractivity contribution < 1.29 is 4.79 Å². The van der Waals surface area contributed by atoms with Crippen LogP contribution in [0.1, 0.15) is 16.6 Å². The number of carbonyl (C=O) groups excluding carboxylic acids is 1. The molecule has 2 aromatic heterocycles. The molecule has 0 aliphatic heterocycles. The zero-order valence-electron chi connectivity index (χ0n) is 12.4. The molecule has 0 amide bonds. The molecule has 3 heteroatoms. The minimum atomic E-state index is 0.139. The molecule has 1 nitrogen and oxygen atoms in total. The number of ketones is 1. The Morgan fingerprint density at radius 3 is 2.22 bits per heavy atom. The van der Waals surface area contributed by atoms with E-state index >= 15 is 0 Å². The van der Waals surface area contributed by atoms with Gasteiger partial charge < -0.3 is 0 Å². The summed E-state index contributed by atoms with van der Waals surface area (Å²) in [7, 11) is 0. The Morgan fingerprint density at radius 1 is 0.783 bits per heavy atom. The van der Waals surface area contributed by atoms with E-state index in [0.717, 1.165) is 10.3 Å². The summed E-state index contributed by atoms with van der Waals surface area (Å²) in [4.78, 5) is 12.5. The van der Waals surface area contributed by atoms with Crippen molar-refractivity contribution in [1.82, 2.24) is 0 Å². The van der Waals surface area contributed by atoms with E-state index in [2.05, 4.69) is 47.8 Å². The van der Waals surface area contributed by atoms with Crippen molar-refractivity contribution in [3.05, 3.63) is 58.8 Å². The molecule has 23 heavy (non-hydrogen) atoms. The van der Waals surface area contributed by atoms with Crippen LogP contribution in [-0.4, -0.2) is 5.78 Å². The number of rotatable bonds is 1. The first-order chi connectivity index (χ1) is 11.2. The lowest BCUT2D eigenvalue weighted by atomic mass is 10.00. The lowest BCUT2D eigenvalue weighted by molar-refractivity contribution is 0.102. The summed E-state index contributed by atoms with van der Waals surface area (Å²) in [5.74, 6) is 0.139. The predicted octanol–water partition coefficient (Wildman–Crippen LogP) is 6.63. The van der Waals surface area contributed by atoms with Gasteiger partial charge in [-0.1, -0.05) is 12.1 Å². The van der Waals surface area contributed by atoms with Crippen LogP contribution in [0.4, 0.5) is 0 Å². The van der Waals surface area contributed by atoms with E-state index in [1.54, 1.807) is 29.6 Å². The molecule has 0 saturated carbocycles. The molecule has 0 saturated heterocycles. The van der Waals surface area contributed by atoms with E-state index in [9.17, 15) is 4.79 Å². The Hall–Kier alpha value is -2.23. The molecule has 0 bridgehead atoms. The quantitative estimate of drug-likeness (QED) is 0.249. The van der Waals surface area contributed by atoms with Gasteiger partial charge in [0.1, 0.15) is 0 Å². The zero-order valence-corrected chi connectivity index (χ0v) is 14.1. The standard InChI is InChI=1S/C20H12OS2/c1-11(21)18-8-15-7-13-3-2-12-6-14-4-5-22-19(14)9-16(12)17(13)10-20(15)23-18/h2-10H,1H3. The molecule has 0 unspecified atom stereocenters. The average Bonchev–Trinajstić information content (AvgIpc) is 3.16. The van der Waals surface area contributed by atoms with Gasteiger partial charge in [-0.25, -0.2) is 0 Å². The molecule has 5 rings (SSSR count). The Bertz CT molecular complexity index is 1240. The maximum Gasteiger partial charge on any atom is 0.169 e. The molecule has 0 atom stereocenters. The molecule has 0 spiro atoms. The van der Waals surface area contributed by atoms with Crippen molar-refractivity contribution in [2.75, 3.05) is 0 Å². The number of thiophene rings is 2. The minimum absolute atomic E-state index is 0.139. The second-order valence-electron chi connectivity index (χ2n) is 5.88. The van der Waals surface area contributed by atoms with Crippen LogP contribution in [0.25, 0.3) is 41.7 Å². The van der Waals surface area contributed by atoms with Gasteiger partial charge in [0, 0.05) is 9.40 Å². The van der Waals surface area contributed by atoms with Crippen molar-refractivity contribution in [2.45, 2.75) is 6.92 Å². The maximum atomic E-state index is 11.6. The topological polar surface area (TPSA) is 17.1 Å². The van der Waals surface area contributed by atoms with Crippen molar-refractivity contribution in [3.63, 3.8) is 0 Å². The molecule has 0 N–H and O–H groups in total. The largest absolute Gasteiger partial charge is 0.294 e. The number of fused-ring (bicyclic) bond motifs is 5. The highest BCUT2D eigenvalue weighted by molar-refractivity contribution is 7.21. The highest BCUT2D eigenvalue weighted by Gasteiger charge is 2.09. The molecule has 110 valence electrons. The third kappa shape index (κ3) is 1.94. The number of carbonyl (C=O) groups is 1. The Balaban J connectivity index is 1.93. The van der Waals surface area contributed by atoms with Crippen molar-refractivity contribution in [2.24, 2.45) is 0 Å². The summed E-state index contributed by atoms with van der Waals surface area (Å²) < 4.78 is 2.50. The van der Waals surface area contributed by atoms with Crippen LogP contribution in [0.2, 0.25) is 0 Å². The first-order valence-electron chi connectivity index (χ1n) is 7.47. The SMILES string of the molecule is CC(=O)c1cc2cc3ccc4cc5ccsc5cc4c3cc2s1. The van der Waals surface area contributed by atoms with E-state index < -0.39 is 0 Å². The summed E-state index contributed by atoms with van der Waals surface area (Å²) in [6.07, 6.45) is 0. The fraction of sp³-hybridized carbons (Fsp3) is 0.0500. The molecule has 5 aromatic rings. The first-order valence-corrected chi connectivity index (χ1v) is 9.17. The molecule has 0 radical (unpaired) electrons. The zero-order chi connectivity index (χ0) is 15.6. The molecule has 3 aromatic carbocycles. The highest BCUT2D eigenvalue weighted by atomic mass is 32.1. The van der Waals surface area contributed by atoms with Gasteiger partial charge in [0.2, 0.25) is 0 Å². The molecule has 0 fully saturated rings. The van der Waals surface area contributed by atoms with Crippen molar-refractivity contribution in [1.29, 1.82) is 0 Å². The summed E-state index contributed by atoms with van der Waals surface area (Å²) in [6.45, 7) is 1.63. The Morgan fingerprint density at radius 2 is 1.48 bits per heavy atom. The number of benzene rings is 3. The van der Waals surface area contributed by atoms with E-state index in [4.69, 9.17) is 0 Å². The van der Waals surface area contributed by atoms with Gasteiger partial charge in [-0.05, 0) is 81.0 Å². The van der Waals surface area contributed by atoms with E-state index in [1.807, 2.05) is 6.07 Å². The van der Waals surface area contributed by atoms with Crippen LogP contribution >= 0.6 is 22.7 Å². The van der Waals surface area contributed by atoms with Gasteiger partial charge in [0.15, 0.2) is 5.78 Å². The van der Waals surface area contributed by atoms with Crippen molar-refractivity contribution >= 4 is 70.2 Å². The average molecular weight is 332 g/mol. The van der Waals surface area contributed by atoms with Gasteiger partial charge in [-0.2, -0.15) is 0 Å². The van der Waals surface area contributed by atoms with Crippen LogP contribution in [0, 0.1) is 0 Å². The summed E-state index contributed by atoms with van der Waals surface area (Å²) in [5, 5.41) is 9.66. The first kappa shape index (κ1) is 13.2. The fourth-order valence-corrected chi connectivity index (χ4v) is 5.02. The second-order valence-corrected chi connectivity index (χ2v) is 7.91. The van der Waals surface area contributed by atoms with Crippen LogP contribution in [-0.2, 0) is 0 Å². The van der Waals surface area contributed by atoms with Gasteiger partial charge in [0.25, 0.3) is 0 Å². The summed E-state index contributed by atoms with van der Waals surface area (Å²) in [6, 6.07) is 17.6. The Labute approximate surface area is 140 Å². The minimum Gasteiger partial charge on any atom is -0.294 e. The lowest BCUT2D eigenvalue weighted by Crippen LogP contribution is -1.83. The Kier molecular flexibility index (Phi) is 2.67. The van der Waals surface area contributed by atoms with Crippen LogP contribution in [0.5, 0.6) is 0 Å². The van der Waals surface area contributed by atoms with Crippen molar-refractivity contribution in [3.8, 4) is 0 Å². The number of hydrogen-bond acceptors (Lipinski definition) is 3. The molecular weight excluding hydrogens is 320 g/mol. The number of Topliss-reactive ketones (excluding diaryl/α,β-unsaturated/α-hetero) is 1. The van der Waals surface area contributed by atoms with Gasteiger partial charge in [-0.15, -0.1) is 22.7 Å². The normalized spacial score (nSPS) is 11.9. The van der Waals surface area contributed by atoms with Gasteiger partial charge in [0.05, 0.1) is 4.88 Å². The smallest absolute Gasteiger partial charge is 0.169 e. The third-order valence-corrected chi connectivity index (χ3v) is 6.47. The summed E-state index contributed by atoms with van der Waals surface area (Å²) in [5.41, 5.74) is 0. The highest BCUT2D eigenvalue weighted by Crippen LogP contribution is 2.36. The third-order valence-electron chi connectivity index (χ3n) is 4.39. The van der Waals surface area contributed by atoms with Crippen LogP contribution in [0.15, 0.2) is 53.9 Å². The van der Waals surface area contributed by atoms with E-state index in [-0.39, 0.29) is 5.78 Å². The monoisotopic (exact) mass is 332 g/mol. The predicted molar refractivity (Wildman–Crippen MR) is 102 cm³/mol. The molecular formula is C20H12OS2. The molecule has 2 heterocycles. The maximum absolute atomic E-state index is 11.6. The number of hydrogen-bond donors (Lipinski definition) is 0. The second kappa shape index (κ2) is 4.63. The fourth-order valence-electron chi connectivity index (χ4n) is 3.23. The van der Waals surface area contributed by atoms with Gasteiger partial charge >= 0.3 is 0 Å².